The zero-order chi connectivity index (χ0) is 20.0. The molecule has 0 unspecified atom stereocenters. The van der Waals surface area contributed by atoms with Crippen molar-refractivity contribution in [2.45, 2.75) is 17.6 Å². The van der Waals surface area contributed by atoms with Gasteiger partial charge in [-0.15, -0.1) is 10.2 Å². The van der Waals surface area contributed by atoms with Crippen LogP contribution in [0.25, 0.3) is 16.6 Å². The number of hydrogen-bond donors (Lipinski definition) is 3. The molecular weight excluding hydrogens is 394 g/mol. The average molecular weight is 411 g/mol. The molecule has 4 aromatic rings. The van der Waals surface area contributed by atoms with Crippen molar-refractivity contribution in [2.75, 3.05) is 5.43 Å². The molecule has 9 heteroatoms. The van der Waals surface area contributed by atoms with Crippen LogP contribution in [0.1, 0.15) is 23.0 Å². The maximum atomic E-state index is 14.2. The molecule has 0 fully saturated rings. The van der Waals surface area contributed by atoms with Crippen LogP contribution < -0.4 is 11.2 Å². The van der Waals surface area contributed by atoms with E-state index < -0.39 is 11.6 Å². The number of aromatic amines is 1. The van der Waals surface area contributed by atoms with Crippen LogP contribution in [0, 0.1) is 11.6 Å². The van der Waals surface area contributed by atoms with Crippen molar-refractivity contribution < 1.29 is 14.5 Å². The van der Waals surface area contributed by atoms with E-state index in [1.165, 1.54) is 23.9 Å². The van der Waals surface area contributed by atoms with Crippen LogP contribution >= 0.6 is 11.8 Å². The molecule has 0 saturated carbocycles. The van der Waals surface area contributed by atoms with Gasteiger partial charge >= 0.3 is 0 Å². The van der Waals surface area contributed by atoms with E-state index in [2.05, 4.69) is 32.4 Å². The molecule has 0 bridgehead atoms. The highest BCUT2D eigenvalue weighted by Gasteiger charge is 2.26. The van der Waals surface area contributed by atoms with Crippen LogP contribution in [0.15, 0.2) is 59.2 Å². The van der Waals surface area contributed by atoms with Gasteiger partial charge in [-0.25, -0.2) is 13.5 Å². The van der Waals surface area contributed by atoms with Crippen molar-refractivity contribution in [2.24, 2.45) is 0 Å². The van der Waals surface area contributed by atoms with Gasteiger partial charge in [-0.2, -0.15) is 0 Å². The zero-order valence-electron chi connectivity index (χ0n) is 15.2. The smallest absolute Gasteiger partial charge is 0.214 e. The molecule has 146 valence electrons. The Balaban J connectivity index is 1.42. The fraction of sp³-hybridized carbons (Fsp3) is 0.100. The van der Waals surface area contributed by atoms with Gasteiger partial charge in [0.05, 0.1) is 5.70 Å². The molecular formula is C20H17F2N6S+. The van der Waals surface area contributed by atoms with Gasteiger partial charge in [-0.3, -0.25) is 5.43 Å². The van der Waals surface area contributed by atoms with Crippen LogP contribution in [0.2, 0.25) is 0 Å². The molecule has 5 N–H and O–H groups in total. The number of rotatable bonds is 4. The first-order valence-electron chi connectivity index (χ1n) is 9.03. The van der Waals surface area contributed by atoms with Crippen LogP contribution in [0.5, 0.6) is 0 Å². The minimum Gasteiger partial charge on any atom is -0.361 e. The lowest BCUT2D eigenvalue weighted by atomic mass is 10.1. The van der Waals surface area contributed by atoms with Gasteiger partial charge in [0.15, 0.2) is 6.04 Å². The third-order valence-electron chi connectivity index (χ3n) is 4.90. The summed E-state index contributed by atoms with van der Waals surface area (Å²) in [7, 11) is 0. The lowest BCUT2D eigenvalue weighted by Crippen LogP contribution is -2.56. The number of nitrogens with one attached hydrogen (secondary N) is 2. The molecule has 0 aliphatic carbocycles. The zero-order valence-corrected chi connectivity index (χ0v) is 16.0. The summed E-state index contributed by atoms with van der Waals surface area (Å²) in [5, 5.41) is 12.0. The predicted molar refractivity (Wildman–Crippen MR) is 107 cm³/mol. The van der Waals surface area contributed by atoms with Gasteiger partial charge in [0.25, 0.3) is 0 Å². The number of quaternary nitrogens is 1. The third kappa shape index (κ3) is 3.18. The number of halogens is 2. The van der Waals surface area contributed by atoms with E-state index in [9.17, 15) is 8.78 Å². The highest BCUT2D eigenvalue weighted by molar-refractivity contribution is 8.02. The van der Waals surface area contributed by atoms with E-state index in [1.807, 2.05) is 24.4 Å². The first-order valence-corrected chi connectivity index (χ1v) is 9.91. The van der Waals surface area contributed by atoms with E-state index in [4.69, 9.17) is 0 Å². The molecule has 0 spiro atoms. The molecule has 2 aromatic heterocycles. The number of para-hydroxylation sites is 1. The molecule has 0 saturated heterocycles. The second-order valence-electron chi connectivity index (χ2n) is 6.82. The van der Waals surface area contributed by atoms with E-state index in [0.29, 0.717) is 23.1 Å². The normalized spacial score (nSPS) is 14.4. The first kappa shape index (κ1) is 17.9. The molecule has 5 rings (SSSR count). The quantitative estimate of drug-likeness (QED) is 0.481. The number of thioether (sulfide) groups is 1. The fourth-order valence-corrected chi connectivity index (χ4v) is 4.21. The van der Waals surface area contributed by atoms with Gasteiger partial charge in [0.2, 0.25) is 11.0 Å². The minimum atomic E-state index is -0.632. The summed E-state index contributed by atoms with van der Waals surface area (Å²) >= 11 is 1.32. The molecule has 2 aromatic carbocycles. The van der Waals surface area contributed by atoms with Crippen LogP contribution in [-0.4, -0.2) is 19.9 Å². The lowest BCUT2D eigenvalue weighted by molar-refractivity contribution is -0.428. The Labute approximate surface area is 168 Å². The summed E-state index contributed by atoms with van der Waals surface area (Å²) in [5.41, 5.74) is 10.4. The third-order valence-corrected chi connectivity index (χ3v) is 5.73. The Morgan fingerprint density at radius 3 is 2.86 bits per heavy atom. The summed E-state index contributed by atoms with van der Waals surface area (Å²) in [6.07, 6.45) is 2.65. The summed E-state index contributed by atoms with van der Waals surface area (Å²) in [6.45, 7) is 0. The van der Waals surface area contributed by atoms with E-state index in [-0.39, 0.29) is 11.6 Å². The van der Waals surface area contributed by atoms with Crippen molar-refractivity contribution in [3.05, 3.63) is 82.7 Å². The molecule has 29 heavy (non-hydrogen) atoms. The Hall–Kier alpha value is -3.17. The summed E-state index contributed by atoms with van der Waals surface area (Å²) in [4.78, 5) is 3.27. The van der Waals surface area contributed by atoms with Crippen LogP contribution in [-0.2, 0) is 6.42 Å². The molecule has 0 amide bonds. The summed E-state index contributed by atoms with van der Waals surface area (Å²) in [5.74, 6) is -0.601. The second-order valence-corrected chi connectivity index (χ2v) is 7.66. The molecule has 3 heterocycles. The molecule has 6 nitrogen and oxygen atoms in total. The Morgan fingerprint density at radius 1 is 1.14 bits per heavy atom. The lowest BCUT2D eigenvalue weighted by Gasteiger charge is -2.20. The Kier molecular flexibility index (Phi) is 4.33. The number of benzene rings is 2. The van der Waals surface area contributed by atoms with Crippen molar-refractivity contribution in [3.8, 4) is 0 Å². The van der Waals surface area contributed by atoms with Gasteiger partial charge in [0, 0.05) is 40.6 Å². The largest absolute Gasteiger partial charge is 0.361 e. The minimum absolute atomic E-state index is 0.180. The van der Waals surface area contributed by atoms with Gasteiger partial charge < -0.3 is 10.7 Å². The number of aromatic nitrogens is 4. The summed E-state index contributed by atoms with van der Waals surface area (Å²) in [6, 6.07) is 11.4. The highest BCUT2D eigenvalue weighted by Crippen LogP contribution is 2.31. The highest BCUT2D eigenvalue weighted by atomic mass is 32.2. The predicted octanol–water partition coefficient (Wildman–Crippen LogP) is 3.21. The van der Waals surface area contributed by atoms with Gasteiger partial charge in [0.1, 0.15) is 11.6 Å². The first-order chi connectivity index (χ1) is 14.1. The average Bonchev–Trinajstić information content (AvgIpc) is 3.32. The standard InChI is InChI=1S/C20H16F2N6S/c21-12-5-6-14(15(22)8-12)18-10-29-20-26-25-19(28(20)27-18)16(23)7-11-9-24-17-4-2-1-3-13(11)17/h1-6,8-10,16,24,27H,7,23H2/p+1/t16-/m0/s1. The SMILES string of the molecule is [NH3+][C@@H](Cc1c[nH]c2ccccc12)c1nnc2n1NC(c1ccc(F)cc1F)=CS2. The Morgan fingerprint density at radius 2 is 2.00 bits per heavy atom. The number of nitrogens with zero attached hydrogens (tertiary/aromatic N) is 3. The van der Waals surface area contributed by atoms with Crippen LogP contribution in [0.3, 0.4) is 0 Å². The van der Waals surface area contributed by atoms with E-state index >= 15 is 0 Å². The fourth-order valence-electron chi connectivity index (χ4n) is 3.47. The van der Waals surface area contributed by atoms with E-state index in [0.717, 1.165) is 22.5 Å². The van der Waals surface area contributed by atoms with Gasteiger partial charge in [-0.1, -0.05) is 30.0 Å². The number of H-pyrrole nitrogens is 1. The second kappa shape index (κ2) is 7.02. The number of hydrogen-bond acceptors (Lipinski definition) is 4. The van der Waals surface area contributed by atoms with Crippen molar-refractivity contribution in [3.63, 3.8) is 0 Å². The maximum Gasteiger partial charge on any atom is 0.214 e. The van der Waals surface area contributed by atoms with Crippen molar-refractivity contribution in [1.82, 2.24) is 19.9 Å². The number of fused-ring (bicyclic) bond motifs is 2. The Bertz CT molecular complexity index is 1240. The summed E-state index contributed by atoms with van der Waals surface area (Å²) < 4.78 is 29.2. The molecule has 1 aliphatic heterocycles. The molecule has 0 radical (unpaired) electrons. The van der Waals surface area contributed by atoms with Crippen molar-refractivity contribution in [1.29, 1.82) is 0 Å². The molecule has 1 aliphatic rings. The monoisotopic (exact) mass is 411 g/mol. The molecule has 1 atom stereocenters. The maximum absolute atomic E-state index is 14.2. The van der Waals surface area contributed by atoms with Crippen LogP contribution in [0.4, 0.5) is 8.78 Å². The van der Waals surface area contributed by atoms with Crippen molar-refractivity contribution >= 4 is 28.4 Å². The van der Waals surface area contributed by atoms with E-state index in [1.54, 1.807) is 10.1 Å². The topological polar surface area (TPSA) is 86.2 Å². The van der Waals surface area contributed by atoms with Gasteiger partial charge in [-0.05, 0) is 23.8 Å².